The molecule has 106 valence electrons. The number of hydrogen-bond acceptors (Lipinski definition) is 3. The number of nitrogens with one attached hydrogen (secondary N) is 1. The van der Waals surface area contributed by atoms with Crippen molar-refractivity contribution in [2.75, 3.05) is 31.1 Å². The van der Waals surface area contributed by atoms with Crippen molar-refractivity contribution in [3.05, 3.63) is 24.3 Å². The molecule has 3 heteroatoms. The van der Waals surface area contributed by atoms with E-state index in [0.717, 1.165) is 37.9 Å². The molecule has 0 amide bonds. The van der Waals surface area contributed by atoms with Crippen LogP contribution in [0.25, 0.3) is 0 Å². The third-order valence-corrected chi connectivity index (χ3v) is 4.05. The van der Waals surface area contributed by atoms with Gasteiger partial charge in [0, 0.05) is 31.4 Å². The summed E-state index contributed by atoms with van der Waals surface area (Å²) in [5.74, 6) is 1.69. The van der Waals surface area contributed by atoms with Crippen LogP contribution in [0.15, 0.2) is 24.3 Å². The maximum Gasteiger partial charge on any atom is 0.119 e. The molecule has 0 aromatic heterocycles. The van der Waals surface area contributed by atoms with Crippen LogP contribution >= 0.6 is 0 Å². The minimum Gasteiger partial charge on any atom is -0.494 e. The molecule has 0 bridgehead atoms. The normalized spacial score (nSPS) is 21.2. The topological polar surface area (TPSA) is 24.5 Å². The summed E-state index contributed by atoms with van der Waals surface area (Å²) in [5.41, 5.74) is 1.30. The second-order valence-corrected chi connectivity index (χ2v) is 5.32. The Hall–Kier alpha value is -1.22. The highest BCUT2D eigenvalue weighted by molar-refractivity contribution is 5.49. The van der Waals surface area contributed by atoms with Gasteiger partial charge in [-0.3, -0.25) is 0 Å². The van der Waals surface area contributed by atoms with Crippen molar-refractivity contribution in [2.45, 2.75) is 33.2 Å². The summed E-state index contributed by atoms with van der Waals surface area (Å²) >= 11 is 0. The molecule has 2 unspecified atom stereocenters. The standard InChI is InChI=1S/C16H26N2O/c1-4-13(3)16-12-18(11-10-17-16)14-6-8-15(9-7-14)19-5-2/h6-9,13,16-17H,4-5,10-12H2,1-3H3. The fourth-order valence-electron chi connectivity index (χ4n) is 2.60. The summed E-state index contributed by atoms with van der Waals surface area (Å²) in [4.78, 5) is 2.48. The lowest BCUT2D eigenvalue weighted by Crippen LogP contribution is -2.53. The van der Waals surface area contributed by atoms with Crippen LogP contribution in [-0.2, 0) is 0 Å². The van der Waals surface area contributed by atoms with Crippen LogP contribution in [0.2, 0.25) is 0 Å². The summed E-state index contributed by atoms with van der Waals surface area (Å²) in [7, 11) is 0. The summed E-state index contributed by atoms with van der Waals surface area (Å²) in [6, 6.07) is 9.08. The van der Waals surface area contributed by atoms with Gasteiger partial charge in [-0.2, -0.15) is 0 Å². The molecule has 1 fully saturated rings. The van der Waals surface area contributed by atoms with Gasteiger partial charge >= 0.3 is 0 Å². The van der Waals surface area contributed by atoms with Crippen molar-refractivity contribution < 1.29 is 4.74 Å². The van der Waals surface area contributed by atoms with E-state index in [1.165, 1.54) is 12.1 Å². The van der Waals surface area contributed by atoms with Gasteiger partial charge in [-0.15, -0.1) is 0 Å². The zero-order valence-electron chi connectivity index (χ0n) is 12.4. The van der Waals surface area contributed by atoms with Crippen molar-refractivity contribution in [3.8, 4) is 5.75 Å². The number of anilines is 1. The van der Waals surface area contributed by atoms with Crippen molar-refractivity contribution in [1.29, 1.82) is 0 Å². The quantitative estimate of drug-likeness (QED) is 0.883. The highest BCUT2D eigenvalue weighted by Gasteiger charge is 2.23. The lowest BCUT2D eigenvalue weighted by atomic mass is 9.97. The number of rotatable bonds is 5. The third kappa shape index (κ3) is 3.63. The summed E-state index contributed by atoms with van der Waals surface area (Å²) in [6.45, 7) is 10.6. The van der Waals surface area contributed by atoms with E-state index >= 15 is 0 Å². The van der Waals surface area contributed by atoms with Crippen LogP contribution in [0.5, 0.6) is 5.75 Å². The summed E-state index contributed by atoms with van der Waals surface area (Å²) < 4.78 is 5.49. The van der Waals surface area contributed by atoms with Gasteiger partial charge in [0.15, 0.2) is 0 Å². The highest BCUT2D eigenvalue weighted by Crippen LogP contribution is 2.22. The lowest BCUT2D eigenvalue weighted by molar-refractivity contribution is 0.338. The average Bonchev–Trinajstić information content (AvgIpc) is 2.48. The Morgan fingerprint density at radius 1 is 1.32 bits per heavy atom. The van der Waals surface area contributed by atoms with E-state index in [0.29, 0.717) is 6.04 Å². The number of ether oxygens (including phenoxy) is 1. The Balaban J connectivity index is 2.00. The zero-order valence-corrected chi connectivity index (χ0v) is 12.4. The first-order chi connectivity index (χ1) is 9.24. The van der Waals surface area contributed by atoms with Crippen molar-refractivity contribution >= 4 is 5.69 Å². The van der Waals surface area contributed by atoms with Gasteiger partial charge in [0.25, 0.3) is 0 Å². The molecule has 1 heterocycles. The van der Waals surface area contributed by atoms with Gasteiger partial charge in [0.05, 0.1) is 6.61 Å². The molecule has 0 saturated carbocycles. The van der Waals surface area contributed by atoms with Crippen molar-refractivity contribution in [3.63, 3.8) is 0 Å². The Morgan fingerprint density at radius 2 is 2.05 bits per heavy atom. The minimum atomic E-state index is 0.602. The van der Waals surface area contributed by atoms with Crippen LogP contribution in [0.3, 0.4) is 0 Å². The molecule has 2 rings (SSSR count). The van der Waals surface area contributed by atoms with Crippen LogP contribution < -0.4 is 15.0 Å². The molecule has 1 N–H and O–H groups in total. The highest BCUT2D eigenvalue weighted by atomic mass is 16.5. The first-order valence-corrected chi connectivity index (χ1v) is 7.45. The first-order valence-electron chi connectivity index (χ1n) is 7.45. The smallest absolute Gasteiger partial charge is 0.119 e. The average molecular weight is 262 g/mol. The fraction of sp³-hybridized carbons (Fsp3) is 0.625. The maximum absolute atomic E-state index is 5.49. The molecule has 1 saturated heterocycles. The van der Waals surface area contributed by atoms with E-state index in [2.05, 4.69) is 48.3 Å². The zero-order chi connectivity index (χ0) is 13.7. The maximum atomic E-state index is 5.49. The van der Waals surface area contributed by atoms with Gasteiger partial charge in [-0.25, -0.2) is 0 Å². The van der Waals surface area contributed by atoms with Gasteiger partial charge in [0.1, 0.15) is 5.75 Å². The van der Waals surface area contributed by atoms with Crippen molar-refractivity contribution in [1.82, 2.24) is 5.32 Å². The summed E-state index contributed by atoms with van der Waals surface area (Å²) in [6.07, 6.45) is 1.23. The lowest BCUT2D eigenvalue weighted by Gasteiger charge is -2.38. The van der Waals surface area contributed by atoms with Crippen LogP contribution in [-0.4, -0.2) is 32.3 Å². The summed E-state index contributed by atoms with van der Waals surface area (Å²) in [5, 5.41) is 3.63. The van der Waals surface area contributed by atoms with Crippen LogP contribution in [0.1, 0.15) is 27.2 Å². The number of benzene rings is 1. The second kappa shape index (κ2) is 6.80. The molecular formula is C16H26N2O. The number of hydrogen-bond donors (Lipinski definition) is 1. The van der Waals surface area contributed by atoms with Gasteiger partial charge < -0.3 is 15.0 Å². The predicted octanol–water partition coefficient (Wildman–Crippen LogP) is 2.91. The predicted molar refractivity (Wildman–Crippen MR) is 81.1 cm³/mol. The largest absolute Gasteiger partial charge is 0.494 e. The van der Waals surface area contributed by atoms with Crippen molar-refractivity contribution in [2.24, 2.45) is 5.92 Å². The molecule has 1 aromatic rings. The molecular weight excluding hydrogens is 236 g/mol. The van der Waals surface area contributed by atoms with Crippen LogP contribution in [0.4, 0.5) is 5.69 Å². The molecule has 3 nitrogen and oxygen atoms in total. The molecule has 0 radical (unpaired) electrons. The molecule has 0 spiro atoms. The van der Waals surface area contributed by atoms with Gasteiger partial charge in [0.2, 0.25) is 0 Å². The first kappa shape index (κ1) is 14.2. The number of nitrogens with zero attached hydrogens (tertiary/aromatic N) is 1. The van der Waals surface area contributed by atoms with E-state index in [9.17, 15) is 0 Å². The molecule has 1 aliphatic rings. The third-order valence-electron chi connectivity index (χ3n) is 4.05. The Morgan fingerprint density at radius 3 is 2.68 bits per heavy atom. The van der Waals surface area contributed by atoms with E-state index in [1.54, 1.807) is 0 Å². The Kier molecular flexibility index (Phi) is 5.08. The Labute approximate surface area is 116 Å². The van der Waals surface area contributed by atoms with E-state index in [1.807, 2.05) is 6.92 Å². The molecule has 1 aliphatic heterocycles. The Bertz CT molecular complexity index is 377. The van der Waals surface area contributed by atoms with Gasteiger partial charge in [-0.1, -0.05) is 20.3 Å². The minimum absolute atomic E-state index is 0.602. The fourth-order valence-corrected chi connectivity index (χ4v) is 2.60. The van der Waals surface area contributed by atoms with E-state index < -0.39 is 0 Å². The molecule has 2 atom stereocenters. The SMILES string of the molecule is CCOc1ccc(N2CCNC(C(C)CC)C2)cc1. The molecule has 0 aliphatic carbocycles. The molecule has 19 heavy (non-hydrogen) atoms. The van der Waals surface area contributed by atoms with E-state index in [-0.39, 0.29) is 0 Å². The second-order valence-electron chi connectivity index (χ2n) is 5.32. The van der Waals surface area contributed by atoms with Crippen LogP contribution in [0, 0.1) is 5.92 Å². The van der Waals surface area contributed by atoms with E-state index in [4.69, 9.17) is 4.74 Å². The monoisotopic (exact) mass is 262 g/mol. The molecule has 1 aromatic carbocycles. The number of piperazine rings is 1. The van der Waals surface area contributed by atoms with Gasteiger partial charge in [-0.05, 0) is 37.1 Å².